The molecule has 0 spiro atoms. The van der Waals surface area contributed by atoms with Crippen LogP contribution in [0.4, 0.5) is 0 Å². The summed E-state index contributed by atoms with van der Waals surface area (Å²) in [5.41, 5.74) is 3.86. The van der Waals surface area contributed by atoms with Crippen LogP contribution in [0.2, 0.25) is 0 Å². The third-order valence-electron chi connectivity index (χ3n) is 6.21. The Morgan fingerprint density at radius 1 is 1.32 bits per heavy atom. The van der Waals surface area contributed by atoms with Gasteiger partial charge >= 0.3 is 0 Å². The van der Waals surface area contributed by atoms with E-state index in [0.29, 0.717) is 24.1 Å². The van der Waals surface area contributed by atoms with Gasteiger partial charge in [-0.1, -0.05) is 19.9 Å². The number of carbonyl (C=O) groups excluding carboxylic acids is 1. The van der Waals surface area contributed by atoms with Crippen LogP contribution in [0.5, 0.6) is 0 Å². The number of aromatic nitrogens is 3. The molecule has 3 aromatic heterocycles. The number of amides is 1. The first-order valence-corrected chi connectivity index (χ1v) is 11.4. The van der Waals surface area contributed by atoms with E-state index in [-0.39, 0.29) is 11.8 Å². The van der Waals surface area contributed by atoms with E-state index < -0.39 is 0 Å². The zero-order valence-electron chi connectivity index (χ0n) is 18.8. The van der Waals surface area contributed by atoms with E-state index in [2.05, 4.69) is 52.0 Å². The highest BCUT2D eigenvalue weighted by atomic mass is 16.1. The van der Waals surface area contributed by atoms with Crippen molar-refractivity contribution in [1.82, 2.24) is 25.2 Å². The van der Waals surface area contributed by atoms with Crippen LogP contribution in [0.1, 0.15) is 60.5 Å². The van der Waals surface area contributed by atoms with Crippen molar-refractivity contribution in [3.05, 3.63) is 59.7 Å². The number of aryl methyl sites for hydroxylation is 1. The summed E-state index contributed by atoms with van der Waals surface area (Å²) < 4.78 is 2.15. The third kappa shape index (κ3) is 4.96. The lowest BCUT2D eigenvalue weighted by atomic mass is 9.91. The lowest BCUT2D eigenvalue weighted by Crippen LogP contribution is -2.29. The van der Waals surface area contributed by atoms with Crippen molar-refractivity contribution in [1.29, 1.82) is 0 Å². The van der Waals surface area contributed by atoms with Gasteiger partial charge < -0.3 is 15.2 Å². The predicted molar refractivity (Wildman–Crippen MR) is 124 cm³/mol. The Morgan fingerprint density at radius 3 is 2.90 bits per heavy atom. The van der Waals surface area contributed by atoms with Crippen molar-refractivity contribution >= 4 is 16.9 Å². The van der Waals surface area contributed by atoms with Crippen molar-refractivity contribution < 1.29 is 4.79 Å². The molecule has 3 aromatic rings. The lowest BCUT2D eigenvalue weighted by molar-refractivity contribution is 0.0951. The second-order valence-corrected chi connectivity index (χ2v) is 9.14. The van der Waals surface area contributed by atoms with Gasteiger partial charge in [0.05, 0.1) is 5.56 Å². The quantitative estimate of drug-likeness (QED) is 0.578. The summed E-state index contributed by atoms with van der Waals surface area (Å²) in [5, 5.41) is 7.71. The van der Waals surface area contributed by atoms with Gasteiger partial charge in [-0.2, -0.15) is 0 Å². The molecule has 6 heteroatoms. The van der Waals surface area contributed by atoms with E-state index in [1.807, 2.05) is 30.7 Å². The summed E-state index contributed by atoms with van der Waals surface area (Å²) in [6.07, 6.45) is 10.9. The Morgan fingerprint density at radius 2 is 2.19 bits per heavy atom. The molecule has 0 bridgehead atoms. The van der Waals surface area contributed by atoms with E-state index in [9.17, 15) is 4.79 Å². The molecule has 2 N–H and O–H groups in total. The minimum atomic E-state index is -0.0307. The number of hydrogen-bond acceptors (Lipinski definition) is 4. The Bertz CT molecular complexity index is 1020. The standard InChI is InChI=1S/C25H33N5O/c1-17(2)12-20(19-6-4-9-26-13-19)14-29-25(31)22-16-30(15-21-7-5-10-27-21)24-23(22)18(3)8-11-28-24/h4,6,8-9,11,13,16-17,20-21,27H,5,7,10,12,14-15H2,1-3H3,(H,29,31)/t20?,21-/m0/s1. The van der Waals surface area contributed by atoms with Crippen LogP contribution in [0.3, 0.4) is 0 Å². The van der Waals surface area contributed by atoms with Crippen LogP contribution in [0.15, 0.2) is 43.0 Å². The first-order chi connectivity index (χ1) is 15.0. The largest absolute Gasteiger partial charge is 0.351 e. The van der Waals surface area contributed by atoms with E-state index in [1.54, 1.807) is 6.20 Å². The average Bonchev–Trinajstić information content (AvgIpc) is 3.40. The molecule has 31 heavy (non-hydrogen) atoms. The van der Waals surface area contributed by atoms with Crippen molar-refractivity contribution in [2.45, 2.75) is 58.5 Å². The number of fused-ring (bicyclic) bond motifs is 1. The topological polar surface area (TPSA) is 71.8 Å². The average molecular weight is 420 g/mol. The number of nitrogens with one attached hydrogen (secondary N) is 2. The second-order valence-electron chi connectivity index (χ2n) is 9.14. The van der Waals surface area contributed by atoms with Gasteiger partial charge in [-0.05, 0) is 61.9 Å². The van der Waals surface area contributed by atoms with Crippen molar-refractivity contribution in [3.8, 4) is 0 Å². The number of hydrogen-bond donors (Lipinski definition) is 2. The molecule has 1 unspecified atom stereocenters. The number of rotatable bonds is 8. The SMILES string of the molecule is Cc1ccnc2c1c(C(=O)NCC(CC(C)C)c1cccnc1)cn2C[C@@H]1CCCN1. The summed E-state index contributed by atoms with van der Waals surface area (Å²) in [5.74, 6) is 0.749. The van der Waals surface area contributed by atoms with Crippen LogP contribution in [0.25, 0.3) is 11.0 Å². The number of nitrogens with zero attached hydrogens (tertiary/aromatic N) is 3. The van der Waals surface area contributed by atoms with Gasteiger partial charge in [-0.25, -0.2) is 4.98 Å². The molecule has 0 aromatic carbocycles. The first kappa shape index (κ1) is 21.5. The first-order valence-electron chi connectivity index (χ1n) is 11.4. The maximum absolute atomic E-state index is 13.3. The zero-order valence-corrected chi connectivity index (χ0v) is 18.8. The fourth-order valence-electron chi connectivity index (χ4n) is 4.67. The molecule has 1 saturated heterocycles. The monoisotopic (exact) mass is 419 g/mol. The Hall–Kier alpha value is -2.73. The molecule has 1 fully saturated rings. The van der Waals surface area contributed by atoms with Crippen molar-refractivity contribution in [2.75, 3.05) is 13.1 Å². The summed E-state index contributed by atoms with van der Waals surface area (Å²) >= 11 is 0. The highest BCUT2D eigenvalue weighted by molar-refractivity contribution is 6.07. The molecule has 164 valence electrons. The molecule has 0 saturated carbocycles. The second kappa shape index (κ2) is 9.60. The summed E-state index contributed by atoms with van der Waals surface area (Å²) in [4.78, 5) is 22.2. The van der Waals surface area contributed by atoms with E-state index in [1.165, 1.54) is 12.0 Å². The molecule has 2 atom stereocenters. The molecule has 1 aliphatic heterocycles. The van der Waals surface area contributed by atoms with E-state index in [0.717, 1.165) is 42.5 Å². The van der Waals surface area contributed by atoms with Crippen LogP contribution >= 0.6 is 0 Å². The lowest BCUT2D eigenvalue weighted by Gasteiger charge is -2.19. The molecular weight excluding hydrogens is 386 g/mol. The highest BCUT2D eigenvalue weighted by Gasteiger charge is 2.22. The smallest absolute Gasteiger partial charge is 0.253 e. The molecule has 6 nitrogen and oxygen atoms in total. The Labute approximate surface area is 184 Å². The normalized spacial score (nSPS) is 17.4. The molecular formula is C25H33N5O. The maximum Gasteiger partial charge on any atom is 0.253 e. The van der Waals surface area contributed by atoms with E-state index in [4.69, 9.17) is 0 Å². The molecule has 0 aliphatic carbocycles. The highest BCUT2D eigenvalue weighted by Crippen LogP contribution is 2.26. The summed E-state index contributed by atoms with van der Waals surface area (Å²) in [6, 6.07) is 6.48. The van der Waals surface area contributed by atoms with Gasteiger partial charge in [0.25, 0.3) is 5.91 Å². The fraction of sp³-hybridized carbons (Fsp3) is 0.480. The Kier molecular flexibility index (Phi) is 6.66. The molecule has 4 heterocycles. The van der Waals surface area contributed by atoms with Crippen LogP contribution in [-0.4, -0.2) is 39.6 Å². The van der Waals surface area contributed by atoms with Gasteiger partial charge in [0.1, 0.15) is 5.65 Å². The third-order valence-corrected chi connectivity index (χ3v) is 6.21. The van der Waals surface area contributed by atoms with Crippen LogP contribution in [-0.2, 0) is 6.54 Å². The summed E-state index contributed by atoms with van der Waals surface area (Å²) in [7, 11) is 0. The molecule has 1 aliphatic rings. The van der Waals surface area contributed by atoms with Crippen LogP contribution in [0, 0.1) is 12.8 Å². The van der Waals surface area contributed by atoms with E-state index >= 15 is 0 Å². The zero-order chi connectivity index (χ0) is 21.8. The fourth-order valence-corrected chi connectivity index (χ4v) is 4.67. The number of carbonyl (C=O) groups is 1. The number of pyridine rings is 2. The van der Waals surface area contributed by atoms with Gasteiger partial charge in [0.2, 0.25) is 0 Å². The molecule has 0 radical (unpaired) electrons. The Balaban J connectivity index is 1.56. The molecule has 1 amide bonds. The minimum Gasteiger partial charge on any atom is -0.351 e. The maximum atomic E-state index is 13.3. The van der Waals surface area contributed by atoms with Gasteiger partial charge in [-0.3, -0.25) is 9.78 Å². The van der Waals surface area contributed by atoms with Crippen LogP contribution < -0.4 is 10.6 Å². The summed E-state index contributed by atoms with van der Waals surface area (Å²) in [6.45, 7) is 8.98. The minimum absolute atomic E-state index is 0.0307. The van der Waals surface area contributed by atoms with Gasteiger partial charge in [0, 0.05) is 55.2 Å². The van der Waals surface area contributed by atoms with Gasteiger partial charge in [0.15, 0.2) is 0 Å². The molecule has 4 rings (SSSR count). The van der Waals surface area contributed by atoms with Crippen molar-refractivity contribution in [3.63, 3.8) is 0 Å². The van der Waals surface area contributed by atoms with Crippen molar-refractivity contribution in [2.24, 2.45) is 5.92 Å². The predicted octanol–water partition coefficient (Wildman–Crippen LogP) is 4.05. The van der Waals surface area contributed by atoms with Gasteiger partial charge in [-0.15, -0.1) is 0 Å².